The largest absolute Gasteiger partial charge is 0.464 e. The Balaban J connectivity index is 2.11. The first-order valence-corrected chi connectivity index (χ1v) is 6.46. The van der Waals surface area contributed by atoms with Crippen molar-refractivity contribution in [3.8, 4) is 22.3 Å². The lowest BCUT2D eigenvalue weighted by atomic mass is 10.0. The van der Waals surface area contributed by atoms with Crippen LogP contribution in [0.2, 0.25) is 0 Å². The van der Waals surface area contributed by atoms with Crippen molar-refractivity contribution in [2.45, 2.75) is 0 Å². The molecule has 88 valence electrons. The molecule has 19 heavy (non-hydrogen) atoms. The van der Waals surface area contributed by atoms with Gasteiger partial charge in [-0.3, -0.25) is 0 Å². The molecule has 0 saturated carbocycles. The average molecular weight is 242 g/mol. The zero-order valence-electron chi connectivity index (χ0n) is 10.2. The van der Waals surface area contributed by atoms with E-state index < -0.39 is 0 Å². The maximum atomic E-state index is 5.72. The maximum absolute atomic E-state index is 5.72. The van der Waals surface area contributed by atoms with Crippen molar-refractivity contribution in [1.82, 2.24) is 0 Å². The molecule has 0 amide bonds. The van der Waals surface area contributed by atoms with Gasteiger partial charge in [-0.2, -0.15) is 0 Å². The van der Waals surface area contributed by atoms with Gasteiger partial charge in [-0.05, 0) is 33.5 Å². The van der Waals surface area contributed by atoms with E-state index in [0.29, 0.717) is 0 Å². The van der Waals surface area contributed by atoms with Gasteiger partial charge in [-0.1, -0.05) is 48.5 Å². The third-order valence-electron chi connectivity index (χ3n) is 4.09. The van der Waals surface area contributed by atoms with Crippen molar-refractivity contribution in [2.24, 2.45) is 0 Å². The molecule has 0 atom stereocenters. The number of hydrogen-bond acceptors (Lipinski definition) is 1. The van der Waals surface area contributed by atoms with Crippen LogP contribution in [0.3, 0.4) is 0 Å². The third kappa shape index (κ3) is 1.02. The van der Waals surface area contributed by atoms with E-state index in [1.807, 2.05) is 6.07 Å². The monoisotopic (exact) mass is 242 g/mol. The zero-order chi connectivity index (χ0) is 12.4. The Labute approximate surface area is 110 Å². The SMILES string of the molecule is c1cc2c3c(cccc3c1)-c1c-2ccc2ccoc12. The number of rotatable bonds is 0. The minimum atomic E-state index is 1.00. The quantitative estimate of drug-likeness (QED) is 0.362. The van der Waals surface area contributed by atoms with Crippen LogP contribution in [-0.4, -0.2) is 0 Å². The molecule has 1 aliphatic rings. The Morgan fingerprint density at radius 1 is 0.632 bits per heavy atom. The molecule has 3 aromatic carbocycles. The molecular weight excluding hydrogens is 232 g/mol. The Morgan fingerprint density at radius 3 is 2.37 bits per heavy atom. The summed E-state index contributed by atoms with van der Waals surface area (Å²) in [5.74, 6) is 0. The van der Waals surface area contributed by atoms with E-state index in [4.69, 9.17) is 4.42 Å². The van der Waals surface area contributed by atoms with Gasteiger partial charge in [0.25, 0.3) is 0 Å². The van der Waals surface area contributed by atoms with Crippen molar-refractivity contribution in [1.29, 1.82) is 0 Å². The molecule has 0 fully saturated rings. The van der Waals surface area contributed by atoms with Crippen LogP contribution >= 0.6 is 0 Å². The summed E-state index contributed by atoms with van der Waals surface area (Å²) in [5, 5.41) is 3.82. The molecule has 4 aromatic rings. The summed E-state index contributed by atoms with van der Waals surface area (Å²) >= 11 is 0. The second-order valence-corrected chi connectivity index (χ2v) is 5.04. The predicted molar refractivity (Wildman–Crippen MR) is 78.2 cm³/mol. The molecule has 1 heterocycles. The third-order valence-corrected chi connectivity index (χ3v) is 4.09. The molecule has 0 saturated heterocycles. The lowest BCUT2D eigenvalue weighted by Gasteiger charge is -2.01. The van der Waals surface area contributed by atoms with Crippen LogP contribution in [0.25, 0.3) is 44.0 Å². The van der Waals surface area contributed by atoms with Crippen LogP contribution in [0.1, 0.15) is 0 Å². The van der Waals surface area contributed by atoms with E-state index in [2.05, 4.69) is 48.5 Å². The van der Waals surface area contributed by atoms with E-state index in [1.165, 1.54) is 38.4 Å². The summed E-state index contributed by atoms with van der Waals surface area (Å²) in [6, 6.07) is 19.4. The van der Waals surface area contributed by atoms with Crippen molar-refractivity contribution in [3.05, 3.63) is 60.9 Å². The van der Waals surface area contributed by atoms with Crippen molar-refractivity contribution < 1.29 is 4.42 Å². The Bertz CT molecular complexity index is 955. The molecule has 0 aliphatic heterocycles. The van der Waals surface area contributed by atoms with Gasteiger partial charge in [0.2, 0.25) is 0 Å². The second-order valence-electron chi connectivity index (χ2n) is 5.04. The lowest BCUT2D eigenvalue weighted by Crippen LogP contribution is -1.76. The smallest absolute Gasteiger partial charge is 0.142 e. The van der Waals surface area contributed by atoms with Gasteiger partial charge in [-0.25, -0.2) is 0 Å². The highest BCUT2D eigenvalue weighted by atomic mass is 16.3. The van der Waals surface area contributed by atoms with Gasteiger partial charge >= 0.3 is 0 Å². The first-order valence-electron chi connectivity index (χ1n) is 6.46. The highest BCUT2D eigenvalue weighted by molar-refractivity contribution is 6.20. The van der Waals surface area contributed by atoms with E-state index in [1.54, 1.807) is 6.26 Å². The molecule has 1 aliphatic carbocycles. The van der Waals surface area contributed by atoms with Gasteiger partial charge in [-0.15, -0.1) is 0 Å². The number of furan rings is 1. The molecule has 0 radical (unpaired) electrons. The Morgan fingerprint density at radius 2 is 1.47 bits per heavy atom. The van der Waals surface area contributed by atoms with Crippen LogP contribution in [0.5, 0.6) is 0 Å². The first-order chi connectivity index (χ1) is 9.43. The van der Waals surface area contributed by atoms with E-state index in [0.717, 1.165) is 5.58 Å². The number of benzene rings is 3. The van der Waals surface area contributed by atoms with Gasteiger partial charge in [0.05, 0.1) is 6.26 Å². The zero-order valence-corrected chi connectivity index (χ0v) is 10.2. The number of fused-ring (bicyclic) bond motifs is 5. The van der Waals surface area contributed by atoms with E-state index in [-0.39, 0.29) is 0 Å². The molecule has 1 nitrogen and oxygen atoms in total. The molecular formula is C18H10O. The fraction of sp³-hybridized carbons (Fsp3) is 0. The van der Waals surface area contributed by atoms with Gasteiger partial charge in [0.15, 0.2) is 0 Å². The Hall–Kier alpha value is -2.54. The molecule has 5 rings (SSSR count). The summed E-state index contributed by atoms with van der Waals surface area (Å²) in [7, 11) is 0. The fourth-order valence-electron chi connectivity index (χ4n) is 3.30. The standard InChI is InChI=1S/C18H10O/c1-3-11-4-2-6-15-16(11)13(5-1)14-8-7-12-9-10-19-18(12)17(14)15/h1-10H. The van der Waals surface area contributed by atoms with Crippen LogP contribution in [0, 0.1) is 0 Å². The van der Waals surface area contributed by atoms with Gasteiger partial charge in [0.1, 0.15) is 5.58 Å². The van der Waals surface area contributed by atoms with E-state index >= 15 is 0 Å². The molecule has 0 unspecified atom stereocenters. The highest BCUT2D eigenvalue weighted by Crippen LogP contribution is 2.49. The first kappa shape index (κ1) is 9.40. The second kappa shape index (κ2) is 3.07. The summed E-state index contributed by atoms with van der Waals surface area (Å²) in [4.78, 5) is 0. The number of hydrogen-bond donors (Lipinski definition) is 0. The van der Waals surface area contributed by atoms with Crippen molar-refractivity contribution in [2.75, 3.05) is 0 Å². The average Bonchev–Trinajstić information content (AvgIpc) is 3.04. The summed E-state index contributed by atoms with van der Waals surface area (Å²) in [6.07, 6.45) is 1.77. The summed E-state index contributed by atoms with van der Waals surface area (Å²) < 4.78 is 5.72. The van der Waals surface area contributed by atoms with Crippen LogP contribution in [-0.2, 0) is 0 Å². The predicted octanol–water partition coefficient (Wildman–Crippen LogP) is 5.23. The van der Waals surface area contributed by atoms with E-state index in [9.17, 15) is 0 Å². The highest BCUT2D eigenvalue weighted by Gasteiger charge is 2.23. The molecule has 0 spiro atoms. The Kier molecular flexibility index (Phi) is 1.52. The minimum absolute atomic E-state index is 1.00. The molecule has 1 aromatic heterocycles. The molecule has 0 bridgehead atoms. The summed E-state index contributed by atoms with van der Waals surface area (Å²) in [6.45, 7) is 0. The van der Waals surface area contributed by atoms with Crippen LogP contribution in [0.15, 0.2) is 65.3 Å². The van der Waals surface area contributed by atoms with Gasteiger partial charge < -0.3 is 4.42 Å². The molecule has 0 N–H and O–H groups in total. The van der Waals surface area contributed by atoms with Crippen molar-refractivity contribution in [3.63, 3.8) is 0 Å². The molecule has 1 heteroatoms. The fourth-order valence-corrected chi connectivity index (χ4v) is 3.30. The lowest BCUT2D eigenvalue weighted by molar-refractivity contribution is 0.617. The topological polar surface area (TPSA) is 13.1 Å². The van der Waals surface area contributed by atoms with Crippen LogP contribution < -0.4 is 0 Å². The van der Waals surface area contributed by atoms with Crippen LogP contribution in [0.4, 0.5) is 0 Å². The summed E-state index contributed by atoms with van der Waals surface area (Å²) in [5.41, 5.74) is 6.15. The minimum Gasteiger partial charge on any atom is -0.464 e. The van der Waals surface area contributed by atoms with Gasteiger partial charge in [0, 0.05) is 10.9 Å². The van der Waals surface area contributed by atoms with Crippen molar-refractivity contribution >= 4 is 21.7 Å². The maximum Gasteiger partial charge on any atom is 0.142 e. The normalized spacial score (nSPS) is 12.2.